The van der Waals surface area contributed by atoms with E-state index in [2.05, 4.69) is 6.92 Å². The van der Waals surface area contributed by atoms with Crippen LogP contribution in [0.5, 0.6) is 0 Å². The van der Waals surface area contributed by atoms with Gasteiger partial charge in [0.2, 0.25) is 0 Å². The van der Waals surface area contributed by atoms with Gasteiger partial charge in [-0.1, -0.05) is 57.9 Å². The first-order valence-corrected chi connectivity index (χ1v) is 8.17. The van der Waals surface area contributed by atoms with Gasteiger partial charge in [-0.2, -0.15) is 0 Å². The number of unbranched alkanes of at least 4 members (excludes halogenated alkanes) is 6. The molecule has 0 aromatic heterocycles. The highest BCUT2D eigenvalue weighted by Gasteiger charge is 2.35. The number of hydrogen-bond donors (Lipinski definition) is 1. The summed E-state index contributed by atoms with van der Waals surface area (Å²) in [4.78, 5) is 0. The van der Waals surface area contributed by atoms with Gasteiger partial charge >= 0.3 is 0 Å². The third-order valence-corrected chi connectivity index (χ3v) is 4.57. The molecule has 1 N–H and O–H groups in total. The number of aryl methyl sites for hydroxylation is 1. The second-order valence-electron chi connectivity index (χ2n) is 6.20. The minimum atomic E-state index is -0.702. The summed E-state index contributed by atoms with van der Waals surface area (Å²) in [5.41, 5.74) is 1.26. The first-order chi connectivity index (χ1) is 9.65. The van der Waals surface area contributed by atoms with Gasteiger partial charge in [-0.15, -0.1) is 0 Å². The molecular formula is C18H27FO. The Morgan fingerprint density at radius 3 is 2.55 bits per heavy atom. The van der Waals surface area contributed by atoms with E-state index >= 15 is 0 Å². The van der Waals surface area contributed by atoms with Gasteiger partial charge < -0.3 is 5.11 Å². The van der Waals surface area contributed by atoms with E-state index in [0.717, 1.165) is 36.8 Å². The van der Waals surface area contributed by atoms with E-state index in [4.69, 9.17) is 0 Å². The lowest BCUT2D eigenvalue weighted by Gasteiger charge is -2.24. The normalized spacial score (nSPS) is 21.1. The lowest BCUT2D eigenvalue weighted by molar-refractivity contribution is 0.0267. The molecular weight excluding hydrogens is 251 g/mol. The lowest BCUT2D eigenvalue weighted by Crippen LogP contribution is -2.22. The topological polar surface area (TPSA) is 20.2 Å². The number of benzene rings is 1. The second kappa shape index (κ2) is 7.21. The van der Waals surface area contributed by atoms with Crippen LogP contribution in [0.1, 0.15) is 75.8 Å². The van der Waals surface area contributed by atoms with Crippen LogP contribution < -0.4 is 0 Å². The Bertz CT molecular complexity index is 429. The molecule has 0 aliphatic heterocycles. The Kier molecular flexibility index (Phi) is 5.59. The molecule has 0 fully saturated rings. The van der Waals surface area contributed by atoms with Crippen LogP contribution in [0, 0.1) is 5.82 Å². The Hall–Kier alpha value is -0.890. The molecule has 0 heterocycles. The highest BCUT2D eigenvalue weighted by molar-refractivity contribution is 5.37. The first kappa shape index (κ1) is 15.5. The van der Waals surface area contributed by atoms with Crippen LogP contribution >= 0.6 is 0 Å². The average Bonchev–Trinajstić information content (AvgIpc) is 2.75. The molecule has 1 nitrogen and oxygen atoms in total. The summed E-state index contributed by atoms with van der Waals surface area (Å²) in [6, 6.07) is 4.83. The SMILES string of the molecule is CCCCCCCCCC1(O)CCc2cc(F)ccc21. The van der Waals surface area contributed by atoms with E-state index in [0.29, 0.717) is 0 Å². The van der Waals surface area contributed by atoms with Crippen LogP contribution in [-0.2, 0) is 12.0 Å². The zero-order valence-electron chi connectivity index (χ0n) is 12.6. The standard InChI is InChI=1S/C18H27FO/c1-2-3-4-5-6-7-8-12-18(20)13-11-15-14-16(19)9-10-17(15)18/h9-10,14,20H,2-8,11-13H2,1H3. The zero-order valence-corrected chi connectivity index (χ0v) is 12.6. The van der Waals surface area contributed by atoms with Crippen molar-refractivity contribution in [2.45, 2.75) is 76.7 Å². The van der Waals surface area contributed by atoms with Crippen LogP contribution in [0.3, 0.4) is 0 Å². The smallest absolute Gasteiger partial charge is 0.123 e. The quantitative estimate of drug-likeness (QED) is 0.656. The molecule has 0 bridgehead atoms. The summed E-state index contributed by atoms with van der Waals surface area (Å²) in [6.07, 6.45) is 11.2. The minimum Gasteiger partial charge on any atom is -0.385 e. The molecule has 2 heteroatoms. The van der Waals surface area contributed by atoms with Crippen LogP contribution in [0.15, 0.2) is 18.2 Å². The van der Waals surface area contributed by atoms with Crippen molar-refractivity contribution >= 4 is 0 Å². The molecule has 0 spiro atoms. The molecule has 1 aromatic carbocycles. The maximum Gasteiger partial charge on any atom is 0.123 e. The van der Waals surface area contributed by atoms with Crippen LogP contribution in [-0.4, -0.2) is 5.11 Å². The monoisotopic (exact) mass is 278 g/mol. The Morgan fingerprint density at radius 1 is 1.10 bits per heavy atom. The molecule has 0 amide bonds. The minimum absolute atomic E-state index is 0.191. The zero-order chi connectivity index (χ0) is 14.4. The van der Waals surface area contributed by atoms with Crippen LogP contribution in [0.25, 0.3) is 0 Å². The highest BCUT2D eigenvalue weighted by Crippen LogP contribution is 2.40. The van der Waals surface area contributed by atoms with Crippen molar-refractivity contribution in [1.29, 1.82) is 0 Å². The van der Waals surface area contributed by atoms with Crippen molar-refractivity contribution in [3.05, 3.63) is 35.1 Å². The van der Waals surface area contributed by atoms with E-state index in [1.165, 1.54) is 44.6 Å². The summed E-state index contributed by atoms with van der Waals surface area (Å²) in [6.45, 7) is 2.23. The lowest BCUT2D eigenvalue weighted by atomic mass is 9.89. The Labute approximate surface area is 122 Å². The van der Waals surface area contributed by atoms with E-state index in [9.17, 15) is 9.50 Å². The van der Waals surface area contributed by atoms with Crippen molar-refractivity contribution in [1.82, 2.24) is 0 Å². The molecule has 20 heavy (non-hydrogen) atoms. The van der Waals surface area contributed by atoms with Gasteiger partial charge in [0.25, 0.3) is 0 Å². The molecule has 0 saturated heterocycles. The van der Waals surface area contributed by atoms with E-state index in [1.54, 1.807) is 12.1 Å². The molecule has 1 aliphatic rings. The molecule has 0 saturated carbocycles. The number of halogens is 1. The van der Waals surface area contributed by atoms with Gasteiger partial charge in [0.15, 0.2) is 0 Å². The maximum absolute atomic E-state index is 13.2. The molecule has 0 radical (unpaired) electrons. The summed E-state index contributed by atoms with van der Waals surface area (Å²) in [5, 5.41) is 10.8. The van der Waals surface area contributed by atoms with Crippen LogP contribution in [0.4, 0.5) is 4.39 Å². The van der Waals surface area contributed by atoms with Gasteiger partial charge in [-0.05, 0) is 42.5 Å². The predicted octanol–water partition coefficient (Wildman–Crippen LogP) is 5.10. The van der Waals surface area contributed by atoms with Crippen molar-refractivity contribution in [3.8, 4) is 0 Å². The number of rotatable bonds is 8. The molecule has 1 unspecified atom stereocenters. The fraction of sp³-hybridized carbons (Fsp3) is 0.667. The summed E-state index contributed by atoms with van der Waals surface area (Å²) in [7, 11) is 0. The van der Waals surface area contributed by atoms with Gasteiger partial charge in [-0.3, -0.25) is 0 Å². The second-order valence-corrected chi connectivity index (χ2v) is 6.20. The number of hydrogen-bond acceptors (Lipinski definition) is 1. The molecule has 1 aromatic rings. The maximum atomic E-state index is 13.2. The van der Waals surface area contributed by atoms with Crippen LogP contribution in [0.2, 0.25) is 0 Å². The Morgan fingerprint density at radius 2 is 1.80 bits per heavy atom. The van der Waals surface area contributed by atoms with E-state index < -0.39 is 5.60 Å². The van der Waals surface area contributed by atoms with Gasteiger partial charge in [-0.25, -0.2) is 4.39 Å². The molecule has 1 atom stereocenters. The van der Waals surface area contributed by atoms with Crippen molar-refractivity contribution < 1.29 is 9.50 Å². The fourth-order valence-electron chi connectivity index (χ4n) is 3.33. The van der Waals surface area contributed by atoms with E-state index in [-0.39, 0.29) is 5.82 Å². The first-order valence-electron chi connectivity index (χ1n) is 8.17. The molecule has 112 valence electrons. The van der Waals surface area contributed by atoms with E-state index in [1.807, 2.05) is 0 Å². The van der Waals surface area contributed by atoms with Gasteiger partial charge in [0.05, 0.1) is 5.60 Å². The number of fused-ring (bicyclic) bond motifs is 1. The van der Waals surface area contributed by atoms with Gasteiger partial charge in [0.1, 0.15) is 5.82 Å². The van der Waals surface area contributed by atoms with Crippen molar-refractivity contribution in [2.75, 3.05) is 0 Å². The molecule has 1 aliphatic carbocycles. The summed E-state index contributed by atoms with van der Waals surface area (Å²) in [5.74, 6) is -0.191. The highest BCUT2D eigenvalue weighted by atomic mass is 19.1. The largest absolute Gasteiger partial charge is 0.385 e. The summed E-state index contributed by atoms with van der Waals surface area (Å²) < 4.78 is 13.2. The summed E-state index contributed by atoms with van der Waals surface area (Å²) >= 11 is 0. The number of aliphatic hydroxyl groups is 1. The third kappa shape index (κ3) is 3.82. The van der Waals surface area contributed by atoms with Gasteiger partial charge in [0, 0.05) is 0 Å². The Balaban J connectivity index is 1.77. The molecule has 2 rings (SSSR count). The average molecular weight is 278 g/mol. The fourth-order valence-corrected chi connectivity index (χ4v) is 3.33. The predicted molar refractivity (Wildman–Crippen MR) is 81.2 cm³/mol. The third-order valence-electron chi connectivity index (χ3n) is 4.57. The van der Waals surface area contributed by atoms with Crippen molar-refractivity contribution in [3.63, 3.8) is 0 Å². The van der Waals surface area contributed by atoms with Crippen molar-refractivity contribution in [2.24, 2.45) is 0 Å².